The smallest absolute Gasteiger partial charge is 0.265 e. The number of anilines is 1. The molecule has 0 aliphatic carbocycles. The van der Waals surface area contributed by atoms with Crippen LogP contribution in [0.25, 0.3) is 0 Å². The Bertz CT molecular complexity index is 877. The van der Waals surface area contributed by atoms with Crippen molar-refractivity contribution >= 4 is 21.6 Å². The molecule has 8 heteroatoms. The number of nitrogens with one attached hydrogen (secondary N) is 2. The first kappa shape index (κ1) is 19.3. The van der Waals surface area contributed by atoms with Crippen molar-refractivity contribution in [3.05, 3.63) is 60.2 Å². The zero-order chi connectivity index (χ0) is 19.4. The van der Waals surface area contributed by atoms with Crippen molar-refractivity contribution in [3.63, 3.8) is 0 Å². The number of para-hydroxylation sites is 1. The van der Waals surface area contributed by atoms with E-state index in [1.165, 1.54) is 28.4 Å². The summed E-state index contributed by atoms with van der Waals surface area (Å²) in [6.07, 6.45) is 0. The van der Waals surface area contributed by atoms with E-state index in [-0.39, 0.29) is 10.8 Å². The highest BCUT2D eigenvalue weighted by Gasteiger charge is 2.22. The molecule has 0 unspecified atom stereocenters. The Labute approximate surface area is 160 Å². The molecule has 0 saturated carbocycles. The molecule has 2 N–H and O–H groups in total. The zero-order valence-corrected chi connectivity index (χ0v) is 16.4. The fourth-order valence-electron chi connectivity index (χ4n) is 2.92. The number of likely N-dealkylation sites (N-methyl/N-ethyl adjacent to an activating group) is 1. The molecular formula is C19H25N4O3S+. The molecule has 0 atom stereocenters. The van der Waals surface area contributed by atoms with Gasteiger partial charge in [0.25, 0.3) is 15.9 Å². The van der Waals surface area contributed by atoms with Gasteiger partial charge in [0.1, 0.15) is 0 Å². The van der Waals surface area contributed by atoms with Crippen LogP contribution in [0.2, 0.25) is 0 Å². The van der Waals surface area contributed by atoms with Crippen LogP contribution in [0, 0.1) is 0 Å². The average Bonchev–Trinajstić information content (AvgIpc) is 2.70. The highest BCUT2D eigenvalue weighted by molar-refractivity contribution is 7.92. The first-order valence-corrected chi connectivity index (χ1v) is 10.3. The molecule has 1 aliphatic rings. The molecule has 2 aromatic carbocycles. The van der Waals surface area contributed by atoms with E-state index >= 15 is 0 Å². The fourth-order valence-corrected chi connectivity index (χ4v) is 4.12. The third kappa shape index (κ3) is 4.47. The number of benzene rings is 2. The van der Waals surface area contributed by atoms with Crippen molar-refractivity contribution in [2.24, 2.45) is 0 Å². The number of rotatable bonds is 5. The molecule has 27 heavy (non-hydrogen) atoms. The summed E-state index contributed by atoms with van der Waals surface area (Å²) in [4.78, 5) is 14.0. The van der Waals surface area contributed by atoms with Crippen LogP contribution in [0.5, 0.6) is 0 Å². The highest BCUT2D eigenvalue weighted by Crippen LogP contribution is 2.21. The Morgan fingerprint density at radius 1 is 1.04 bits per heavy atom. The number of sulfonamides is 1. The molecule has 3 rings (SSSR count). The first-order valence-electron chi connectivity index (χ1n) is 8.89. The Morgan fingerprint density at radius 3 is 2.22 bits per heavy atom. The van der Waals surface area contributed by atoms with E-state index in [0.717, 1.165) is 26.2 Å². The van der Waals surface area contributed by atoms with Crippen molar-refractivity contribution in [1.82, 2.24) is 10.4 Å². The minimum atomic E-state index is -3.68. The second-order valence-electron chi connectivity index (χ2n) is 6.72. The predicted octanol–water partition coefficient (Wildman–Crippen LogP) is -0.0132. The summed E-state index contributed by atoms with van der Waals surface area (Å²) in [7, 11) is -0.0351. The standard InChI is InChI=1S/C19H24N4O3S/c1-21-12-14-23(15-13-21)20-19(24)16-8-10-18(11-9-16)27(25,26)22(2)17-6-4-3-5-7-17/h3-11H,12-15H2,1-2H3,(H,20,24)/p+1. The maximum atomic E-state index is 12.8. The van der Waals surface area contributed by atoms with Gasteiger partial charge in [-0.05, 0) is 36.4 Å². The van der Waals surface area contributed by atoms with E-state index < -0.39 is 10.0 Å². The van der Waals surface area contributed by atoms with Gasteiger partial charge in [-0.25, -0.2) is 13.4 Å². The second kappa shape index (κ2) is 8.08. The molecule has 2 aromatic rings. The molecule has 1 aliphatic heterocycles. The second-order valence-corrected chi connectivity index (χ2v) is 8.69. The monoisotopic (exact) mass is 389 g/mol. The molecular weight excluding hydrogens is 364 g/mol. The van der Waals surface area contributed by atoms with Crippen molar-refractivity contribution in [1.29, 1.82) is 0 Å². The van der Waals surface area contributed by atoms with Crippen molar-refractivity contribution in [2.75, 3.05) is 44.6 Å². The number of hydrogen-bond donors (Lipinski definition) is 2. The van der Waals surface area contributed by atoms with Gasteiger partial charge >= 0.3 is 0 Å². The quantitative estimate of drug-likeness (QED) is 0.754. The van der Waals surface area contributed by atoms with Crippen molar-refractivity contribution in [2.45, 2.75) is 4.90 Å². The lowest BCUT2D eigenvalue weighted by Gasteiger charge is -2.30. The molecule has 0 spiro atoms. The summed E-state index contributed by atoms with van der Waals surface area (Å²) >= 11 is 0. The van der Waals surface area contributed by atoms with Gasteiger partial charge in [0, 0.05) is 12.6 Å². The maximum Gasteiger partial charge on any atom is 0.265 e. The molecule has 0 radical (unpaired) electrons. The molecule has 1 heterocycles. The Hall–Kier alpha value is -2.42. The Kier molecular flexibility index (Phi) is 5.79. The third-order valence-corrected chi connectivity index (χ3v) is 6.57. The number of quaternary nitrogens is 1. The third-order valence-electron chi connectivity index (χ3n) is 4.77. The molecule has 0 bridgehead atoms. The van der Waals surface area contributed by atoms with Gasteiger partial charge in [-0.2, -0.15) is 0 Å². The number of carbonyl (C=O) groups is 1. The van der Waals surface area contributed by atoms with Gasteiger partial charge in [-0.15, -0.1) is 0 Å². The van der Waals surface area contributed by atoms with Crippen LogP contribution in [0.3, 0.4) is 0 Å². The van der Waals surface area contributed by atoms with Gasteiger partial charge in [0.15, 0.2) is 0 Å². The SMILES string of the molecule is CN(c1ccccc1)S(=O)(=O)c1ccc(C(=O)NN2CC[NH+](C)CC2)cc1. The largest absolute Gasteiger partial charge is 0.335 e. The zero-order valence-electron chi connectivity index (χ0n) is 15.6. The molecule has 144 valence electrons. The van der Waals surface area contributed by atoms with Crippen LogP contribution in [-0.2, 0) is 10.0 Å². The molecule has 1 saturated heterocycles. The Balaban J connectivity index is 1.70. The number of hydrogen-bond acceptors (Lipinski definition) is 4. The van der Waals surface area contributed by atoms with E-state index in [0.29, 0.717) is 11.3 Å². The number of piperazine rings is 1. The topological polar surface area (TPSA) is 74.2 Å². The van der Waals surface area contributed by atoms with Crippen LogP contribution in [0.4, 0.5) is 5.69 Å². The van der Waals surface area contributed by atoms with Crippen molar-refractivity contribution in [3.8, 4) is 0 Å². The summed E-state index contributed by atoms with van der Waals surface area (Å²) in [5.74, 6) is -0.227. The van der Waals surface area contributed by atoms with Crippen molar-refractivity contribution < 1.29 is 18.1 Å². The van der Waals surface area contributed by atoms with E-state index in [2.05, 4.69) is 12.5 Å². The van der Waals surface area contributed by atoms with Crippen LogP contribution in [-0.4, -0.2) is 59.6 Å². The lowest BCUT2D eigenvalue weighted by atomic mass is 10.2. The van der Waals surface area contributed by atoms with Gasteiger partial charge in [-0.1, -0.05) is 18.2 Å². The predicted molar refractivity (Wildman–Crippen MR) is 104 cm³/mol. The summed E-state index contributed by atoms with van der Waals surface area (Å²) in [5, 5.41) is 1.91. The van der Waals surface area contributed by atoms with Crippen LogP contribution in [0.1, 0.15) is 10.4 Å². The van der Waals surface area contributed by atoms with E-state index in [9.17, 15) is 13.2 Å². The van der Waals surface area contributed by atoms with Gasteiger partial charge in [0.05, 0.1) is 43.8 Å². The molecule has 7 nitrogen and oxygen atoms in total. The van der Waals surface area contributed by atoms with E-state index in [1.54, 1.807) is 36.4 Å². The highest BCUT2D eigenvalue weighted by atomic mass is 32.2. The van der Waals surface area contributed by atoms with Gasteiger partial charge < -0.3 is 4.90 Å². The number of hydrazine groups is 1. The minimum Gasteiger partial charge on any atom is -0.335 e. The van der Waals surface area contributed by atoms with Gasteiger partial charge in [-0.3, -0.25) is 14.5 Å². The normalized spacial score (nSPS) is 16.1. The number of carbonyl (C=O) groups excluding carboxylic acids is 1. The molecule has 1 fully saturated rings. The summed E-state index contributed by atoms with van der Waals surface area (Å²) in [6, 6.07) is 14.9. The van der Waals surface area contributed by atoms with Crippen LogP contribution < -0.4 is 14.6 Å². The fraction of sp³-hybridized carbons (Fsp3) is 0.316. The van der Waals surface area contributed by atoms with Crippen LogP contribution >= 0.6 is 0 Å². The molecule has 1 amide bonds. The summed E-state index contributed by atoms with van der Waals surface area (Å²) in [5.41, 5.74) is 3.90. The average molecular weight is 390 g/mol. The van der Waals surface area contributed by atoms with E-state index in [1.807, 2.05) is 11.1 Å². The number of amides is 1. The van der Waals surface area contributed by atoms with E-state index in [4.69, 9.17) is 0 Å². The molecule has 0 aromatic heterocycles. The van der Waals surface area contributed by atoms with Crippen LogP contribution in [0.15, 0.2) is 59.5 Å². The first-order chi connectivity index (χ1) is 12.9. The maximum absolute atomic E-state index is 12.8. The van der Waals surface area contributed by atoms with Gasteiger partial charge in [0.2, 0.25) is 0 Å². The minimum absolute atomic E-state index is 0.147. The lowest BCUT2D eigenvalue weighted by Crippen LogP contribution is -3.12. The lowest BCUT2D eigenvalue weighted by molar-refractivity contribution is -0.884. The Morgan fingerprint density at radius 2 is 1.63 bits per heavy atom. The summed E-state index contributed by atoms with van der Waals surface area (Å²) < 4.78 is 26.8. The number of nitrogens with zero attached hydrogens (tertiary/aromatic N) is 2. The summed E-state index contributed by atoms with van der Waals surface area (Å²) in [6.45, 7) is 3.55.